The SMILES string of the molecule is CC#CCC(C=O)NC. The van der Waals surface area contributed by atoms with Gasteiger partial charge in [-0.15, -0.1) is 11.8 Å². The summed E-state index contributed by atoms with van der Waals surface area (Å²) in [6.07, 6.45) is 1.47. The molecule has 1 unspecified atom stereocenters. The van der Waals surface area contributed by atoms with Gasteiger partial charge in [0, 0.05) is 6.42 Å². The van der Waals surface area contributed by atoms with Gasteiger partial charge in [0.2, 0.25) is 0 Å². The summed E-state index contributed by atoms with van der Waals surface area (Å²) in [5.74, 6) is 5.52. The Morgan fingerprint density at radius 1 is 1.78 bits per heavy atom. The molecule has 0 aliphatic carbocycles. The summed E-state index contributed by atoms with van der Waals surface area (Å²) in [4.78, 5) is 10.1. The Labute approximate surface area is 55.6 Å². The van der Waals surface area contributed by atoms with Crippen LogP contribution in [0.2, 0.25) is 0 Å². The summed E-state index contributed by atoms with van der Waals surface area (Å²) < 4.78 is 0. The maximum Gasteiger partial charge on any atom is 0.137 e. The summed E-state index contributed by atoms with van der Waals surface area (Å²) in [5.41, 5.74) is 0. The standard InChI is InChI=1S/C7H11NO/c1-3-4-5-7(6-9)8-2/h6-8H,5H2,1-2H3. The minimum Gasteiger partial charge on any atom is -0.310 e. The first-order valence-corrected chi connectivity index (χ1v) is 2.87. The zero-order chi connectivity index (χ0) is 7.11. The molecule has 2 heteroatoms. The molecule has 0 heterocycles. The lowest BCUT2D eigenvalue weighted by Crippen LogP contribution is -2.25. The number of likely N-dealkylation sites (N-methyl/N-ethyl adjacent to an activating group) is 1. The van der Waals surface area contributed by atoms with Crippen molar-refractivity contribution in [1.29, 1.82) is 0 Å². The molecule has 2 nitrogen and oxygen atoms in total. The van der Waals surface area contributed by atoms with E-state index in [9.17, 15) is 4.79 Å². The molecule has 0 saturated heterocycles. The largest absolute Gasteiger partial charge is 0.310 e. The van der Waals surface area contributed by atoms with Gasteiger partial charge in [-0.2, -0.15) is 0 Å². The second kappa shape index (κ2) is 5.33. The van der Waals surface area contributed by atoms with Crippen molar-refractivity contribution in [3.05, 3.63) is 0 Å². The summed E-state index contributed by atoms with van der Waals surface area (Å²) in [7, 11) is 1.75. The summed E-state index contributed by atoms with van der Waals surface area (Å²) in [5, 5.41) is 2.82. The van der Waals surface area contributed by atoms with E-state index in [1.165, 1.54) is 0 Å². The first kappa shape index (κ1) is 8.19. The van der Waals surface area contributed by atoms with Crippen LogP contribution in [0.25, 0.3) is 0 Å². The van der Waals surface area contributed by atoms with Crippen LogP contribution in [0, 0.1) is 11.8 Å². The van der Waals surface area contributed by atoms with E-state index in [0.717, 1.165) is 6.29 Å². The number of rotatable bonds is 3. The average molecular weight is 125 g/mol. The first-order valence-electron chi connectivity index (χ1n) is 2.87. The van der Waals surface area contributed by atoms with Crippen LogP contribution in [0.4, 0.5) is 0 Å². The minimum absolute atomic E-state index is 0.0996. The minimum atomic E-state index is -0.0996. The van der Waals surface area contributed by atoms with Crippen molar-refractivity contribution < 1.29 is 4.79 Å². The molecular weight excluding hydrogens is 114 g/mol. The molecular formula is C7H11NO. The lowest BCUT2D eigenvalue weighted by atomic mass is 10.2. The van der Waals surface area contributed by atoms with Crippen molar-refractivity contribution >= 4 is 6.29 Å². The molecule has 1 N–H and O–H groups in total. The van der Waals surface area contributed by atoms with E-state index in [4.69, 9.17) is 0 Å². The smallest absolute Gasteiger partial charge is 0.137 e. The molecule has 0 saturated carbocycles. The Kier molecular flexibility index (Phi) is 4.85. The van der Waals surface area contributed by atoms with E-state index >= 15 is 0 Å². The number of hydrogen-bond acceptors (Lipinski definition) is 2. The molecule has 0 aromatic carbocycles. The van der Waals surface area contributed by atoms with E-state index in [2.05, 4.69) is 17.2 Å². The van der Waals surface area contributed by atoms with Gasteiger partial charge in [-0.05, 0) is 14.0 Å². The van der Waals surface area contributed by atoms with E-state index < -0.39 is 0 Å². The Hall–Kier alpha value is -0.810. The van der Waals surface area contributed by atoms with E-state index in [1.54, 1.807) is 14.0 Å². The highest BCUT2D eigenvalue weighted by atomic mass is 16.1. The zero-order valence-corrected chi connectivity index (χ0v) is 5.77. The number of aldehydes is 1. The quantitative estimate of drug-likeness (QED) is 0.431. The molecule has 0 aliphatic rings. The molecule has 9 heavy (non-hydrogen) atoms. The molecule has 0 aromatic heterocycles. The number of nitrogens with one attached hydrogen (secondary N) is 1. The van der Waals surface area contributed by atoms with Crippen molar-refractivity contribution in [3.63, 3.8) is 0 Å². The Morgan fingerprint density at radius 3 is 2.78 bits per heavy atom. The van der Waals surface area contributed by atoms with Gasteiger partial charge in [-0.25, -0.2) is 0 Å². The summed E-state index contributed by atoms with van der Waals surface area (Å²) in [6.45, 7) is 1.76. The van der Waals surface area contributed by atoms with Gasteiger partial charge in [0.25, 0.3) is 0 Å². The van der Waals surface area contributed by atoms with Crippen LogP contribution in [-0.2, 0) is 4.79 Å². The third kappa shape index (κ3) is 3.75. The first-order chi connectivity index (χ1) is 4.35. The number of hydrogen-bond donors (Lipinski definition) is 1. The van der Waals surface area contributed by atoms with Crippen LogP contribution in [0.5, 0.6) is 0 Å². The van der Waals surface area contributed by atoms with Crippen molar-refractivity contribution in [2.75, 3.05) is 7.05 Å². The Bertz CT molecular complexity index is 132. The van der Waals surface area contributed by atoms with Crippen molar-refractivity contribution in [2.45, 2.75) is 19.4 Å². The molecule has 0 bridgehead atoms. The lowest BCUT2D eigenvalue weighted by molar-refractivity contribution is -0.109. The lowest BCUT2D eigenvalue weighted by Gasteiger charge is -2.00. The molecule has 0 aliphatic heterocycles. The second-order valence-electron chi connectivity index (χ2n) is 1.66. The molecule has 0 radical (unpaired) electrons. The van der Waals surface area contributed by atoms with Gasteiger partial charge in [0.15, 0.2) is 0 Å². The van der Waals surface area contributed by atoms with Gasteiger partial charge in [0.1, 0.15) is 6.29 Å². The van der Waals surface area contributed by atoms with Gasteiger partial charge in [-0.1, -0.05) is 0 Å². The molecule has 50 valence electrons. The van der Waals surface area contributed by atoms with Gasteiger partial charge in [0.05, 0.1) is 6.04 Å². The van der Waals surface area contributed by atoms with Crippen LogP contribution in [0.3, 0.4) is 0 Å². The van der Waals surface area contributed by atoms with Crippen LogP contribution in [0.15, 0.2) is 0 Å². The van der Waals surface area contributed by atoms with Gasteiger partial charge in [-0.3, -0.25) is 0 Å². The van der Waals surface area contributed by atoms with Gasteiger partial charge < -0.3 is 10.1 Å². The normalized spacial score (nSPS) is 11.3. The number of carbonyl (C=O) groups excluding carboxylic acids is 1. The third-order valence-electron chi connectivity index (χ3n) is 1.03. The van der Waals surface area contributed by atoms with Crippen LogP contribution >= 0.6 is 0 Å². The third-order valence-corrected chi connectivity index (χ3v) is 1.03. The Balaban J connectivity index is 3.51. The highest BCUT2D eigenvalue weighted by Crippen LogP contribution is 1.82. The van der Waals surface area contributed by atoms with E-state index in [-0.39, 0.29) is 6.04 Å². The molecule has 1 atom stereocenters. The fourth-order valence-corrected chi connectivity index (χ4v) is 0.430. The molecule has 0 rings (SSSR count). The highest BCUT2D eigenvalue weighted by molar-refractivity contribution is 5.58. The second-order valence-corrected chi connectivity index (χ2v) is 1.66. The number of carbonyl (C=O) groups is 1. The fraction of sp³-hybridized carbons (Fsp3) is 0.571. The maximum absolute atomic E-state index is 10.1. The van der Waals surface area contributed by atoms with Crippen LogP contribution < -0.4 is 5.32 Å². The maximum atomic E-state index is 10.1. The van der Waals surface area contributed by atoms with Crippen molar-refractivity contribution in [3.8, 4) is 11.8 Å². The van der Waals surface area contributed by atoms with Crippen LogP contribution in [-0.4, -0.2) is 19.4 Å². The predicted molar refractivity (Wildman–Crippen MR) is 37.0 cm³/mol. The molecule has 0 spiro atoms. The molecule has 0 amide bonds. The zero-order valence-electron chi connectivity index (χ0n) is 5.77. The predicted octanol–water partition coefficient (Wildman–Crippen LogP) is 0.187. The monoisotopic (exact) mass is 125 g/mol. The van der Waals surface area contributed by atoms with Crippen molar-refractivity contribution in [1.82, 2.24) is 5.32 Å². The van der Waals surface area contributed by atoms with Gasteiger partial charge >= 0.3 is 0 Å². The summed E-state index contributed by atoms with van der Waals surface area (Å²) >= 11 is 0. The summed E-state index contributed by atoms with van der Waals surface area (Å²) in [6, 6.07) is -0.0996. The average Bonchev–Trinajstić information content (AvgIpc) is 1.91. The van der Waals surface area contributed by atoms with E-state index in [1.807, 2.05) is 0 Å². The molecule has 0 fully saturated rings. The van der Waals surface area contributed by atoms with E-state index in [0.29, 0.717) is 6.42 Å². The molecule has 0 aromatic rings. The Morgan fingerprint density at radius 2 is 2.44 bits per heavy atom. The van der Waals surface area contributed by atoms with Crippen LogP contribution in [0.1, 0.15) is 13.3 Å². The fourth-order valence-electron chi connectivity index (χ4n) is 0.430. The highest BCUT2D eigenvalue weighted by Gasteiger charge is 1.97. The topological polar surface area (TPSA) is 29.1 Å². The van der Waals surface area contributed by atoms with Crippen molar-refractivity contribution in [2.24, 2.45) is 0 Å².